The Morgan fingerprint density at radius 2 is 2.12 bits per heavy atom. The van der Waals surface area contributed by atoms with Crippen LogP contribution in [-0.2, 0) is 9.53 Å². The van der Waals surface area contributed by atoms with E-state index in [1.54, 1.807) is 0 Å². The summed E-state index contributed by atoms with van der Waals surface area (Å²) in [5.74, 6) is 0.930. The van der Waals surface area contributed by atoms with E-state index in [-0.39, 0.29) is 12.0 Å². The zero-order valence-corrected chi connectivity index (χ0v) is 10.4. The number of nitrogens with one attached hydrogen (secondary N) is 1. The van der Waals surface area contributed by atoms with Crippen LogP contribution in [0.3, 0.4) is 0 Å². The molecule has 3 unspecified atom stereocenters. The van der Waals surface area contributed by atoms with Crippen LogP contribution >= 0.6 is 0 Å². The summed E-state index contributed by atoms with van der Waals surface area (Å²) in [6.07, 6.45) is 5.44. The highest BCUT2D eigenvalue weighted by molar-refractivity contribution is 5.81. The molecule has 3 fully saturated rings. The molecule has 3 heterocycles. The molecule has 3 rings (SSSR count). The van der Waals surface area contributed by atoms with Crippen LogP contribution in [0.15, 0.2) is 0 Å². The van der Waals surface area contributed by atoms with Crippen LogP contribution in [0.5, 0.6) is 0 Å². The zero-order chi connectivity index (χ0) is 11.7. The molecule has 0 aromatic carbocycles. The Balaban J connectivity index is 1.67. The Morgan fingerprint density at radius 3 is 2.94 bits per heavy atom. The lowest BCUT2D eigenvalue weighted by molar-refractivity contribution is -0.150. The summed E-state index contributed by atoms with van der Waals surface area (Å²) < 4.78 is 5.63. The van der Waals surface area contributed by atoms with Gasteiger partial charge in [-0.25, -0.2) is 0 Å². The first-order chi connectivity index (χ1) is 8.36. The smallest absolute Gasteiger partial charge is 0.252 e. The van der Waals surface area contributed by atoms with Crippen molar-refractivity contribution in [3.05, 3.63) is 0 Å². The van der Waals surface area contributed by atoms with Gasteiger partial charge in [-0.3, -0.25) is 4.79 Å². The summed E-state index contributed by atoms with van der Waals surface area (Å²) >= 11 is 0. The van der Waals surface area contributed by atoms with E-state index in [2.05, 4.69) is 10.2 Å². The van der Waals surface area contributed by atoms with Crippen molar-refractivity contribution in [3.63, 3.8) is 0 Å². The topological polar surface area (TPSA) is 41.6 Å². The molecule has 0 aromatic rings. The lowest BCUT2D eigenvalue weighted by atomic mass is 9.91. The van der Waals surface area contributed by atoms with Crippen LogP contribution in [0, 0.1) is 5.92 Å². The van der Waals surface area contributed by atoms with Gasteiger partial charge in [-0.2, -0.15) is 0 Å². The first-order valence-electron chi connectivity index (χ1n) is 6.99. The average molecular weight is 238 g/mol. The minimum absolute atomic E-state index is 0.150. The van der Waals surface area contributed by atoms with Crippen molar-refractivity contribution in [1.29, 1.82) is 0 Å². The normalized spacial score (nSPS) is 37.9. The van der Waals surface area contributed by atoms with Crippen LogP contribution in [0.4, 0.5) is 0 Å². The number of likely N-dealkylation sites (tertiary alicyclic amines) is 1. The van der Waals surface area contributed by atoms with Gasteiger partial charge in [0.1, 0.15) is 6.10 Å². The quantitative estimate of drug-likeness (QED) is 0.733. The number of hydrogen-bond donors (Lipinski definition) is 1. The van der Waals surface area contributed by atoms with Gasteiger partial charge in [-0.05, 0) is 38.0 Å². The third-order valence-electron chi connectivity index (χ3n) is 4.42. The van der Waals surface area contributed by atoms with Crippen molar-refractivity contribution in [2.45, 2.75) is 44.2 Å². The predicted molar refractivity (Wildman–Crippen MR) is 64.7 cm³/mol. The fourth-order valence-corrected chi connectivity index (χ4v) is 3.46. The number of nitrogens with zero attached hydrogens (tertiary/aromatic N) is 1. The summed E-state index contributed by atoms with van der Waals surface area (Å²) in [6, 6.07) is 0.432. The maximum absolute atomic E-state index is 12.5. The molecule has 17 heavy (non-hydrogen) atoms. The number of hydrogen-bond acceptors (Lipinski definition) is 3. The molecule has 0 spiro atoms. The van der Waals surface area contributed by atoms with Crippen molar-refractivity contribution in [2.24, 2.45) is 5.92 Å². The van der Waals surface area contributed by atoms with Gasteiger partial charge in [0.05, 0.1) is 0 Å². The number of amides is 1. The summed E-state index contributed by atoms with van der Waals surface area (Å²) in [5, 5.41) is 3.42. The molecule has 3 atom stereocenters. The molecule has 0 bridgehead atoms. The van der Waals surface area contributed by atoms with Gasteiger partial charge in [-0.15, -0.1) is 0 Å². The van der Waals surface area contributed by atoms with Gasteiger partial charge in [0.25, 0.3) is 5.91 Å². The first kappa shape index (κ1) is 11.5. The maximum atomic E-state index is 12.5. The number of fused-ring (bicyclic) bond motifs is 1. The fraction of sp³-hybridized carbons (Fsp3) is 0.923. The van der Waals surface area contributed by atoms with Gasteiger partial charge in [0, 0.05) is 32.3 Å². The highest BCUT2D eigenvalue weighted by Gasteiger charge is 2.39. The van der Waals surface area contributed by atoms with Crippen LogP contribution in [0.25, 0.3) is 0 Å². The van der Waals surface area contributed by atoms with E-state index in [0.29, 0.717) is 12.0 Å². The number of rotatable bonds is 1. The highest BCUT2D eigenvalue weighted by Crippen LogP contribution is 2.28. The summed E-state index contributed by atoms with van der Waals surface area (Å²) in [6.45, 7) is 3.75. The monoisotopic (exact) mass is 238 g/mol. The largest absolute Gasteiger partial charge is 0.368 e. The van der Waals surface area contributed by atoms with Gasteiger partial charge in [0.15, 0.2) is 0 Å². The molecule has 0 aliphatic carbocycles. The van der Waals surface area contributed by atoms with Crippen molar-refractivity contribution in [1.82, 2.24) is 10.2 Å². The Labute approximate surface area is 103 Å². The third-order valence-corrected chi connectivity index (χ3v) is 4.42. The average Bonchev–Trinajstić information content (AvgIpc) is 2.87. The maximum Gasteiger partial charge on any atom is 0.252 e. The van der Waals surface area contributed by atoms with Gasteiger partial charge in [0.2, 0.25) is 0 Å². The van der Waals surface area contributed by atoms with Gasteiger partial charge < -0.3 is 15.0 Å². The van der Waals surface area contributed by atoms with Gasteiger partial charge in [-0.1, -0.05) is 0 Å². The minimum Gasteiger partial charge on any atom is -0.368 e. The molecule has 96 valence electrons. The number of carbonyl (C=O) groups is 1. The molecular formula is C13H22N2O2. The first-order valence-corrected chi connectivity index (χ1v) is 6.99. The molecule has 1 N–H and O–H groups in total. The van der Waals surface area contributed by atoms with Crippen molar-refractivity contribution < 1.29 is 9.53 Å². The molecule has 3 aliphatic heterocycles. The van der Waals surface area contributed by atoms with Crippen molar-refractivity contribution in [3.8, 4) is 0 Å². The van der Waals surface area contributed by atoms with E-state index in [0.717, 1.165) is 51.9 Å². The SMILES string of the molecule is O=C(C1CCCCO1)N1CCCC2CNCC21. The van der Waals surface area contributed by atoms with Crippen molar-refractivity contribution in [2.75, 3.05) is 26.2 Å². The van der Waals surface area contributed by atoms with E-state index in [1.165, 1.54) is 6.42 Å². The predicted octanol–water partition coefficient (Wildman–Crippen LogP) is 0.766. The Bertz CT molecular complexity index is 289. The molecule has 1 amide bonds. The Morgan fingerprint density at radius 1 is 1.18 bits per heavy atom. The fourth-order valence-electron chi connectivity index (χ4n) is 3.46. The summed E-state index contributed by atoms with van der Waals surface area (Å²) in [4.78, 5) is 14.6. The van der Waals surface area contributed by atoms with Crippen LogP contribution < -0.4 is 5.32 Å². The van der Waals surface area contributed by atoms with Crippen LogP contribution in [0.2, 0.25) is 0 Å². The third kappa shape index (κ3) is 2.20. The van der Waals surface area contributed by atoms with E-state index < -0.39 is 0 Å². The highest BCUT2D eigenvalue weighted by atomic mass is 16.5. The van der Waals surface area contributed by atoms with Crippen LogP contribution in [0.1, 0.15) is 32.1 Å². The molecule has 0 aromatic heterocycles. The lowest BCUT2D eigenvalue weighted by Crippen LogP contribution is -2.52. The summed E-state index contributed by atoms with van der Waals surface area (Å²) in [7, 11) is 0. The van der Waals surface area contributed by atoms with E-state index in [4.69, 9.17) is 4.74 Å². The second kappa shape index (κ2) is 4.94. The molecule has 0 radical (unpaired) electrons. The second-order valence-corrected chi connectivity index (χ2v) is 5.51. The van der Waals surface area contributed by atoms with Gasteiger partial charge >= 0.3 is 0 Å². The van der Waals surface area contributed by atoms with E-state index >= 15 is 0 Å². The number of piperidine rings is 1. The van der Waals surface area contributed by atoms with Crippen LogP contribution in [-0.4, -0.2) is 49.2 Å². The molecule has 4 heteroatoms. The number of ether oxygens (including phenoxy) is 1. The standard InChI is InChI=1S/C13H22N2O2/c16-13(12-5-1-2-7-17-12)15-6-3-4-10-8-14-9-11(10)15/h10-12,14H,1-9H2. The van der Waals surface area contributed by atoms with E-state index in [1.807, 2.05) is 0 Å². The van der Waals surface area contributed by atoms with E-state index in [9.17, 15) is 4.79 Å². The molecule has 3 saturated heterocycles. The molecule has 4 nitrogen and oxygen atoms in total. The zero-order valence-electron chi connectivity index (χ0n) is 10.4. The molecule has 0 saturated carbocycles. The minimum atomic E-state index is -0.150. The Hall–Kier alpha value is -0.610. The lowest BCUT2D eigenvalue weighted by Gasteiger charge is -2.39. The Kier molecular flexibility index (Phi) is 3.34. The number of carbonyl (C=O) groups excluding carboxylic acids is 1. The second-order valence-electron chi connectivity index (χ2n) is 5.51. The van der Waals surface area contributed by atoms with Crippen molar-refractivity contribution >= 4 is 5.91 Å². The molecule has 3 aliphatic rings. The summed E-state index contributed by atoms with van der Waals surface area (Å²) in [5.41, 5.74) is 0. The molecular weight excluding hydrogens is 216 g/mol.